The maximum atomic E-state index is 9.59. The van der Waals surface area contributed by atoms with E-state index in [4.69, 9.17) is 14.7 Å². The molecule has 4 aromatic rings. The van der Waals surface area contributed by atoms with Crippen LogP contribution in [0.1, 0.15) is 29.2 Å². The summed E-state index contributed by atoms with van der Waals surface area (Å²) in [6.07, 6.45) is 4.78. The Morgan fingerprint density at radius 2 is 2.25 bits per heavy atom. The van der Waals surface area contributed by atoms with E-state index in [1.54, 1.807) is 6.20 Å². The van der Waals surface area contributed by atoms with Gasteiger partial charge in [0.15, 0.2) is 17.8 Å². The molecule has 0 bridgehead atoms. The summed E-state index contributed by atoms with van der Waals surface area (Å²) in [5.74, 6) is 1.21. The third-order valence-electron chi connectivity index (χ3n) is 5.07. The molecule has 1 aromatic carbocycles. The van der Waals surface area contributed by atoms with E-state index < -0.39 is 0 Å². The average molecular weight is 372 g/mol. The van der Waals surface area contributed by atoms with Gasteiger partial charge < -0.3 is 14.8 Å². The van der Waals surface area contributed by atoms with Gasteiger partial charge in [-0.15, -0.1) is 0 Å². The lowest BCUT2D eigenvalue weighted by molar-refractivity contribution is 0.200. The smallest absolute Gasteiger partial charge is 0.181 e. The van der Waals surface area contributed by atoms with Gasteiger partial charge in [-0.2, -0.15) is 10.4 Å². The topological polar surface area (TPSA) is 113 Å². The maximum Gasteiger partial charge on any atom is 0.181 e. The lowest BCUT2D eigenvalue weighted by atomic mass is 10.1. The fourth-order valence-corrected chi connectivity index (χ4v) is 3.76. The second kappa shape index (κ2) is 6.48. The summed E-state index contributed by atoms with van der Waals surface area (Å²) in [4.78, 5) is 8.66. The number of rotatable bonds is 4. The number of oxazole rings is 1. The molecule has 1 atom stereocenters. The summed E-state index contributed by atoms with van der Waals surface area (Å²) in [7, 11) is 0. The highest BCUT2D eigenvalue weighted by Gasteiger charge is 2.24. The predicted octanol–water partition coefficient (Wildman–Crippen LogP) is 3.01. The molecule has 1 unspecified atom stereocenters. The largest absolute Gasteiger partial charge is 0.442 e. The molecule has 8 heteroatoms. The first kappa shape index (κ1) is 16.5. The Morgan fingerprint density at radius 3 is 3.04 bits per heavy atom. The zero-order valence-corrected chi connectivity index (χ0v) is 14.8. The van der Waals surface area contributed by atoms with Gasteiger partial charge in [0, 0.05) is 0 Å². The molecule has 28 heavy (non-hydrogen) atoms. The fourth-order valence-electron chi connectivity index (χ4n) is 3.76. The van der Waals surface area contributed by atoms with E-state index in [0.29, 0.717) is 33.9 Å². The predicted molar refractivity (Wildman–Crippen MR) is 101 cm³/mol. The molecule has 3 aromatic heterocycles. The first-order valence-electron chi connectivity index (χ1n) is 8.93. The van der Waals surface area contributed by atoms with Crippen molar-refractivity contribution in [1.29, 1.82) is 5.26 Å². The summed E-state index contributed by atoms with van der Waals surface area (Å²) in [6, 6.07) is 11.9. The second-order valence-electron chi connectivity index (χ2n) is 6.68. The maximum absolute atomic E-state index is 9.59. The monoisotopic (exact) mass is 372 g/mol. The van der Waals surface area contributed by atoms with Gasteiger partial charge in [0.1, 0.15) is 18.1 Å². The molecule has 0 amide bonds. The van der Waals surface area contributed by atoms with E-state index in [2.05, 4.69) is 21.5 Å². The normalized spacial score (nSPS) is 15.5. The van der Waals surface area contributed by atoms with E-state index in [1.165, 1.54) is 22.2 Å². The lowest BCUT2D eigenvalue weighted by Crippen LogP contribution is -2.08. The number of pyridine rings is 1. The van der Waals surface area contributed by atoms with Crippen LogP contribution in [0.5, 0.6) is 0 Å². The molecule has 0 saturated heterocycles. The summed E-state index contributed by atoms with van der Waals surface area (Å²) < 4.78 is 6.84. The third kappa shape index (κ3) is 2.61. The number of aliphatic hydroxyl groups is 1. The molecule has 138 valence electrons. The Hall–Kier alpha value is -3.70. The Kier molecular flexibility index (Phi) is 3.81. The second-order valence-corrected chi connectivity index (χ2v) is 6.68. The van der Waals surface area contributed by atoms with Crippen molar-refractivity contribution >= 4 is 16.9 Å². The number of aryl methyl sites for hydroxylation is 1. The molecule has 0 saturated carbocycles. The number of hydrogen-bond acceptors (Lipinski definition) is 7. The number of nitrogens with zero attached hydrogens (tertiary/aromatic N) is 5. The van der Waals surface area contributed by atoms with Crippen molar-refractivity contribution in [2.75, 3.05) is 5.32 Å². The Bertz CT molecular complexity index is 1210. The summed E-state index contributed by atoms with van der Waals surface area (Å²) >= 11 is 0. The van der Waals surface area contributed by atoms with Crippen LogP contribution in [0.4, 0.5) is 5.82 Å². The van der Waals surface area contributed by atoms with Crippen LogP contribution in [0.2, 0.25) is 0 Å². The van der Waals surface area contributed by atoms with E-state index in [1.807, 2.05) is 30.3 Å². The van der Waals surface area contributed by atoms with Gasteiger partial charge in [-0.25, -0.2) is 14.6 Å². The number of nitriles is 1. The molecule has 8 nitrogen and oxygen atoms in total. The minimum absolute atomic E-state index is 0.134. The van der Waals surface area contributed by atoms with Gasteiger partial charge in [-0.1, -0.05) is 6.07 Å². The molecule has 0 fully saturated rings. The van der Waals surface area contributed by atoms with Crippen LogP contribution in [-0.2, 0) is 13.2 Å². The van der Waals surface area contributed by atoms with Crippen LogP contribution in [0.15, 0.2) is 47.3 Å². The molecular weight excluding hydrogens is 356 g/mol. The lowest BCUT2D eigenvalue weighted by Gasteiger charge is -2.15. The fraction of sp³-hybridized carbons (Fsp3) is 0.200. The van der Waals surface area contributed by atoms with E-state index >= 15 is 0 Å². The van der Waals surface area contributed by atoms with Crippen LogP contribution in [0.3, 0.4) is 0 Å². The van der Waals surface area contributed by atoms with Crippen LogP contribution in [0, 0.1) is 11.3 Å². The first-order valence-corrected chi connectivity index (χ1v) is 8.93. The van der Waals surface area contributed by atoms with E-state index in [0.717, 1.165) is 12.8 Å². The van der Waals surface area contributed by atoms with Gasteiger partial charge in [0.05, 0.1) is 29.4 Å². The van der Waals surface area contributed by atoms with E-state index in [9.17, 15) is 5.11 Å². The minimum atomic E-state index is -0.254. The van der Waals surface area contributed by atoms with Crippen molar-refractivity contribution in [3.05, 3.63) is 59.6 Å². The number of nitrogens with one attached hydrogen (secondary N) is 1. The molecule has 0 radical (unpaired) electrons. The number of fused-ring (bicyclic) bond motifs is 2. The minimum Gasteiger partial charge on any atom is -0.442 e. The zero-order valence-electron chi connectivity index (χ0n) is 14.8. The van der Waals surface area contributed by atoms with Crippen molar-refractivity contribution in [3.8, 4) is 17.5 Å². The molecule has 1 aliphatic carbocycles. The van der Waals surface area contributed by atoms with Crippen molar-refractivity contribution in [3.63, 3.8) is 0 Å². The Morgan fingerprint density at radius 1 is 1.32 bits per heavy atom. The quantitative estimate of drug-likeness (QED) is 0.566. The summed E-state index contributed by atoms with van der Waals surface area (Å²) in [5, 5.41) is 26.5. The average Bonchev–Trinajstić information content (AvgIpc) is 3.46. The molecule has 0 spiro atoms. The van der Waals surface area contributed by atoms with Crippen LogP contribution in [-0.4, -0.2) is 24.9 Å². The van der Waals surface area contributed by atoms with Crippen molar-refractivity contribution < 1.29 is 9.52 Å². The summed E-state index contributed by atoms with van der Waals surface area (Å²) in [6.45, 7) is -0.254. The van der Waals surface area contributed by atoms with Crippen LogP contribution < -0.4 is 5.32 Å². The standard InChI is InChI=1S/C20H16N6O2/c21-8-12-1-3-14-13(7-12)2-4-15(14)23-18-6-5-16-19(24-18)20(25-26(16)11-27)17-9-22-10-28-17/h1,3,5-7,9-10,15,27H,2,4,11H2,(H,23,24). The highest BCUT2D eigenvalue weighted by atomic mass is 16.3. The van der Waals surface area contributed by atoms with Gasteiger partial charge in [0.2, 0.25) is 0 Å². The first-order chi connectivity index (χ1) is 13.8. The number of aromatic nitrogens is 4. The zero-order chi connectivity index (χ0) is 19.1. The van der Waals surface area contributed by atoms with Crippen LogP contribution in [0.25, 0.3) is 22.5 Å². The molecule has 2 N–H and O–H groups in total. The van der Waals surface area contributed by atoms with Crippen LogP contribution >= 0.6 is 0 Å². The Balaban J connectivity index is 1.52. The number of benzene rings is 1. The van der Waals surface area contributed by atoms with E-state index in [-0.39, 0.29) is 12.8 Å². The van der Waals surface area contributed by atoms with Gasteiger partial charge >= 0.3 is 0 Å². The number of aliphatic hydroxyl groups excluding tert-OH is 1. The molecule has 5 rings (SSSR count). The van der Waals surface area contributed by atoms with Crippen molar-refractivity contribution in [2.24, 2.45) is 0 Å². The van der Waals surface area contributed by atoms with Crippen molar-refractivity contribution in [2.45, 2.75) is 25.6 Å². The third-order valence-corrected chi connectivity index (χ3v) is 5.07. The Labute approximate surface area is 160 Å². The molecule has 3 heterocycles. The molecule has 1 aliphatic rings. The van der Waals surface area contributed by atoms with Gasteiger partial charge in [-0.05, 0) is 48.2 Å². The van der Waals surface area contributed by atoms with Crippen molar-refractivity contribution in [1.82, 2.24) is 19.7 Å². The number of anilines is 1. The highest BCUT2D eigenvalue weighted by Crippen LogP contribution is 2.35. The highest BCUT2D eigenvalue weighted by molar-refractivity contribution is 5.89. The SMILES string of the molecule is N#Cc1ccc2c(c1)CCC2Nc1ccc2c(n1)c(-c1cnco1)nn2CO. The molecular formula is C20H16N6O2. The summed E-state index contributed by atoms with van der Waals surface area (Å²) in [5.41, 5.74) is 4.97. The van der Waals surface area contributed by atoms with Gasteiger partial charge in [-0.3, -0.25) is 0 Å². The molecule has 0 aliphatic heterocycles. The number of hydrogen-bond donors (Lipinski definition) is 2. The van der Waals surface area contributed by atoms with Gasteiger partial charge in [0.25, 0.3) is 0 Å².